The summed E-state index contributed by atoms with van der Waals surface area (Å²) in [6.07, 6.45) is 0.433. The average Bonchev–Trinajstić information content (AvgIpc) is 1.64. The molecule has 0 aliphatic heterocycles. The van der Waals surface area contributed by atoms with E-state index < -0.39 is 16.6 Å². The Kier molecular flexibility index (Phi) is 2.18. The number of nitro groups is 1. The summed E-state index contributed by atoms with van der Waals surface area (Å²) in [4.78, 5) is 18.4. The number of carbonyl (C=O) groups is 1. The Balaban J connectivity index is 4.38. The molecule has 0 saturated heterocycles. The number of carboxylic acids is 1. The van der Waals surface area contributed by atoms with E-state index in [1.165, 1.54) is 0 Å². The molecule has 9 heavy (non-hydrogen) atoms. The number of nitrogens with zero attached hydrogens (tertiary/aromatic N) is 1. The van der Waals surface area contributed by atoms with Crippen molar-refractivity contribution in [3.05, 3.63) is 22.0 Å². The number of hydrogen-bond donors (Lipinski definition) is 2. The molecule has 50 valence electrons. The van der Waals surface area contributed by atoms with E-state index in [9.17, 15) is 14.9 Å². The lowest BCUT2D eigenvalue weighted by atomic mass is 10.5. The fourth-order valence-electron chi connectivity index (χ4n) is 0.210. The monoisotopic (exact) mass is 132 g/mol. The molecule has 0 heterocycles. The fraction of sp³-hybridized carbons (Fsp3) is 0. The number of aliphatic carboxylic acids is 1. The van der Waals surface area contributed by atoms with Gasteiger partial charge in [-0.15, -0.1) is 0 Å². The normalized spacial score (nSPS) is 10.9. The molecule has 0 unspecified atom stereocenters. The van der Waals surface area contributed by atoms with Gasteiger partial charge in [-0.05, 0) is 0 Å². The van der Waals surface area contributed by atoms with Crippen molar-refractivity contribution in [2.45, 2.75) is 0 Å². The number of hydrogen-bond acceptors (Lipinski definition) is 4. The maximum Gasteiger partial charge on any atom is 0.409 e. The summed E-state index contributed by atoms with van der Waals surface area (Å²) in [5.74, 6) is -1.64. The Hall–Kier alpha value is -1.59. The Morgan fingerprint density at radius 1 is 1.78 bits per heavy atom. The highest BCUT2D eigenvalue weighted by atomic mass is 16.6. The van der Waals surface area contributed by atoms with Gasteiger partial charge in [0.05, 0.1) is 11.1 Å². The van der Waals surface area contributed by atoms with Crippen LogP contribution in [0.2, 0.25) is 0 Å². The first kappa shape index (κ1) is 7.41. The van der Waals surface area contributed by atoms with E-state index in [0.29, 0.717) is 6.20 Å². The Bertz CT molecular complexity index is 157. The molecule has 0 aromatic carbocycles. The van der Waals surface area contributed by atoms with Gasteiger partial charge >= 0.3 is 11.7 Å². The van der Waals surface area contributed by atoms with Crippen LogP contribution in [0.1, 0.15) is 0 Å². The molecule has 0 aromatic rings. The smallest absolute Gasteiger partial charge is 0.409 e. The summed E-state index contributed by atoms with van der Waals surface area (Å²) in [7, 11) is 0. The predicted octanol–water partition coefficient (Wildman–Crippen LogP) is -0.852. The molecule has 0 aromatic heterocycles. The lowest BCUT2D eigenvalue weighted by molar-refractivity contribution is -0.421. The van der Waals surface area contributed by atoms with Gasteiger partial charge in [0, 0.05) is 0 Å². The second kappa shape index (κ2) is 2.65. The zero-order chi connectivity index (χ0) is 7.44. The van der Waals surface area contributed by atoms with E-state index in [0.717, 1.165) is 0 Å². The van der Waals surface area contributed by atoms with Crippen molar-refractivity contribution in [1.82, 2.24) is 0 Å². The Labute approximate surface area is 49.7 Å². The van der Waals surface area contributed by atoms with Gasteiger partial charge in [-0.2, -0.15) is 0 Å². The molecule has 0 atom stereocenters. The van der Waals surface area contributed by atoms with Gasteiger partial charge < -0.3 is 10.8 Å². The third-order valence-corrected chi connectivity index (χ3v) is 0.574. The highest BCUT2D eigenvalue weighted by Gasteiger charge is 2.18. The van der Waals surface area contributed by atoms with Crippen LogP contribution in [0.15, 0.2) is 11.9 Å². The molecular weight excluding hydrogens is 128 g/mol. The van der Waals surface area contributed by atoms with Crippen LogP contribution in [0, 0.1) is 10.1 Å². The number of rotatable bonds is 2. The zero-order valence-corrected chi connectivity index (χ0v) is 4.27. The van der Waals surface area contributed by atoms with E-state index in [-0.39, 0.29) is 0 Å². The van der Waals surface area contributed by atoms with Gasteiger partial charge in [0.1, 0.15) is 0 Å². The van der Waals surface area contributed by atoms with Gasteiger partial charge in [-0.25, -0.2) is 4.79 Å². The molecule has 0 aliphatic rings. The molecule has 0 fully saturated rings. The minimum Gasteiger partial charge on any atom is -0.473 e. The molecule has 0 amide bonds. The molecule has 0 rings (SSSR count). The Morgan fingerprint density at radius 2 is 2.22 bits per heavy atom. The molecular formula is C3H4N2O4. The van der Waals surface area contributed by atoms with E-state index >= 15 is 0 Å². The van der Waals surface area contributed by atoms with Crippen LogP contribution in [-0.4, -0.2) is 16.0 Å². The molecule has 0 saturated carbocycles. The first-order chi connectivity index (χ1) is 4.09. The van der Waals surface area contributed by atoms with Crippen LogP contribution in [0.5, 0.6) is 0 Å². The highest BCUT2D eigenvalue weighted by molar-refractivity contribution is 5.83. The van der Waals surface area contributed by atoms with Crippen molar-refractivity contribution in [2.24, 2.45) is 5.73 Å². The van der Waals surface area contributed by atoms with E-state index in [2.05, 4.69) is 5.73 Å². The van der Waals surface area contributed by atoms with Gasteiger partial charge in [0.15, 0.2) is 0 Å². The summed E-state index contributed by atoms with van der Waals surface area (Å²) in [6, 6.07) is 0. The highest BCUT2D eigenvalue weighted by Crippen LogP contribution is 1.90. The molecule has 6 nitrogen and oxygen atoms in total. The third kappa shape index (κ3) is 1.76. The van der Waals surface area contributed by atoms with Crippen molar-refractivity contribution >= 4 is 5.97 Å². The standard InChI is InChI=1S/C3H4N2O4/c4-1-2(3(6)7)5(8)9/h1H,4H2,(H,6,7). The minimum atomic E-state index is -1.64. The van der Waals surface area contributed by atoms with Crippen LogP contribution < -0.4 is 5.73 Å². The maximum absolute atomic E-state index is 9.78. The topological polar surface area (TPSA) is 106 Å². The molecule has 3 N–H and O–H groups in total. The van der Waals surface area contributed by atoms with Crippen LogP contribution >= 0.6 is 0 Å². The second-order valence-electron chi connectivity index (χ2n) is 1.11. The third-order valence-electron chi connectivity index (χ3n) is 0.574. The SMILES string of the molecule is NC=C(C(=O)O)[N+](=O)[O-]. The van der Waals surface area contributed by atoms with Crippen LogP contribution in [-0.2, 0) is 4.79 Å². The quantitative estimate of drug-likeness (QED) is 0.289. The molecule has 0 radical (unpaired) electrons. The largest absolute Gasteiger partial charge is 0.473 e. The van der Waals surface area contributed by atoms with Crippen LogP contribution in [0.3, 0.4) is 0 Å². The Morgan fingerprint density at radius 3 is 2.22 bits per heavy atom. The summed E-state index contributed by atoms with van der Waals surface area (Å²) in [5, 5.41) is 17.6. The second-order valence-corrected chi connectivity index (χ2v) is 1.11. The zero-order valence-electron chi connectivity index (χ0n) is 4.27. The summed E-state index contributed by atoms with van der Waals surface area (Å²) < 4.78 is 0. The molecule has 0 bridgehead atoms. The molecule has 0 spiro atoms. The lowest BCUT2D eigenvalue weighted by Gasteiger charge is -1.85. The first-order valence-corrected chi connectivity index (χ1v) is 1.89. The number of carboxylic acid groups (broad SMARTS) is 1. The van der Waals surface area contributed by atoms with Gasteiger partial charge in [0.25, 0.3) is 0 Å². The lowest BCUT2D eigenvalue weighted by Crippen LogP contribution is -2.11. The first-order valence-electron chi connectivity index (χ1n) is 1.89. The van der Waals surface area contributed by atoms with Crippen molar-refractivity contribution in [3.8, 4) is 0 Å². The van der Waals surface area contributed by atoms with Crippen molar-refractivity contribution in [3.63, 3.8) is 0 Å². The average molecular weight is 132 g/mol. The van der Waals surface area contributed by atoms with E-state index in [1.54, 1.807) is 0 Å². The van der Waals surface area contributed by atoms with E-state index in [1.807, 2.05) is 0 Å². The van der Waals surface area contributed by atoms with E-state index in [4.69, 9.17) is 5.11 Å². The van der Waals surface area contributed by atoms with Crippen LogP contribution in [0.4, 0.5) is 0 Å². The summed E-state index contributed by atoms with van der Waals surface area (Å²) in [5.41, 5.74) is 3.57. The van der Waals surface area contributed by atoms with Gasteiger partial charge in [-0.3, -0.25) is 10.1 Å². The summed E-state index contributed by atoms with van der Waals surface area (Å²) in [6.45, 7) is 0. The van der Waals surface area contributed by atoms with Crippen molar-refractivity contribution in [1.29, 1.82) is 0 Å². The van der Waals surface area contributed by atoms with Crippen molar-refractivity contribution < 1.29 is 14.8 Å². The summed E-state index contributed by atoms with van der Waals surface area (Å²) >= 11 is 0. The van der Waals surface area contributed by atoms with Gasteiger partial charge in [0.2, 0.25) is 0 Å². The number of nitrogens with two attached hydrogens (primary N) is 1. The van der Waals surface area contributed by atoms with Crippen molar-refractivity contribution in [2.75, 3.05) is 0 Å². The maximum atomic E-state index is 9.78. The fourth-order valence-corrected chi connectivity index (χ4v) is 0.210. The molecule has 6 heteroatoms. The predicted molar refractivity (Wildman–Crippen MR) is 26.9 cm³/mol. The van der Waals surface area contributed by atoms with Crippen LogP contribution in [0.25, 0.3) is 0 Å². The minimum absolute atomic E-state index is 0.433. The van der Waals surface area contributed by atoms with Gasteiger partial charge in [-0.1, -0.05) is 0 Å². The molecule has 0 aliphatic carbocycles.